The van der Waals surface area contributed by atoms with Gasteiger partial charge in [-0.25, -0.2) is 0 Å². The molecule has 2 aromatic heterocycles. The number of fused-ring (bicyclic) bond motifs is 5. The van der Waals surface area contributed by atoms with E-state index in [9.17, 15) is 0 Å². The fourth-order valence-corrected chi connectivity index (χ4v) is 5.29. The molecule has 26 heavy (non-hydrogen) atoms. The molecule has 0 unspecified atom stereocenters. The van der Waals surface area contributed by atoms with Gasteiger partial charge in [0.25, 0.3) is 0 Å². The zero-order chi connectivity index (χ0) is 17.8. The first kappa shape index (κ1) is 15.5. The van der Waals surface area contributed by atoms with Gasteiger partial charge in [0.2, 0.25) is 5.69 Å². The molecule has 126 valence electrons. The van der Waals surface area contributed by atoms with E-state index in [4.69, 9.17) is 0 Å². The normalized spacial score (nSPS) is 11.7. The molecule has 0 N–H and O–H groups in total. The predicted molar refractivity (Wildman–Crippen MR) is 113 cm³/mol. The summed E-state index contributed by atoms with van der Waals surface area (Å²) in [5.41, 5.74) is 5.24. The van der Waals surface area contributed by atoms with E-state index in [1.165, 1.54) is 53.3 Å². The summed E-state index contributed by atoms with van der Waals surface area (Å²) in [5.74, 6) is 0. The first-order chi connectivity index (χ1) is 12.6. The second-order valence-corrected chi connectivity index (χ2v) is 8.15. The topological polar surface area (TPSA) is 3.88 Å². The van der Waals surface area contributed by atoms with Crippen molar-refractivity contribution in [3.05, 3.63) is 78.0 Å². The number of aromatic nitrogens is 1. The lowest BCUT2D eigenvalue weighted by Gasteiger charge is -2.05. The maximum atomic E-state index is 2.28. The molecule has 0 aliphatic heterocycles. The van der Waals surface area contributed by atoms with Crippen LogP contribution < -0.4 is 4.57 Å². The predicted octanol–water partition coefficient (Wildman–Crippen LogP) is 6.32. The van der Waals surface area contributed by atoms with Crippen LogP contribution in [0.3, 0.4) is 0 Å². The van der Waals surface area contributed by atoms with E-state index < -0.39 is 0 Å². The third-order valence-electron chi connectivity index (χ3n) is 5.30. The second kappa shape index (κ2) is 5.65. The van der Waals surface area contributed by atoms with Crippen molar-refractivity contribution in [2.24, 2.45) is 7.05 Å². The van der Waals surface area contributed by atoms with Crippen molar-refractivity contribution >= 4 is 42.3 Å². The van der Waals surface area contributed by atoms with Crippen LogP contribution in [0, 0.1) is 13.8 Å². The number of aryl methyl sites for hydroxylation is 3. The molecular weight excluding hydrogens is 334 g/mol. The van der Waals surface area contributed by atoms with Gasteiger partial charge in [0, 0.05) is 21.5 Å². The van der Waals surface area contributed by atoms with Gasteiger partial charge in [-0.1, -0.05) is 48.0 Å². The highest BCUT2D eigenvalue weighted by atomic mass is 32.1. The maximum absolute atomic E-state index is 2.28. The first-order valence-electron chi connectivity index (χ1n) is 8.94. The van der Waals surface area contributed by atoms with Gasteiger partial charge in [-0.3, -0.25) is 0 Å². The number of hydrogen-bond acceptors (Lipinski definition) is 1. The Morgan fingerprint density at radius 2 is 1.69 bits per heavy atom. The van der Waals surface area contributed by atoms with Crippen LogP contribution in [-0.4, -0.2) is 0 Å². The van der Waals surface area contributed by atoms with E-state index in [1.54, 1.807) is 0 Å². The van der Waals surface area contributed by atoms with E-state index in [0.29, 0.717) is 0 Å². The highest BCUT2D eigenvalue weighted by Gasteiger charge is 2.21. The lowest BCUT2D eigenvalue weighted by atomic mass is 10.00. The average molecular weight is 354 g/mol. The lowest BCUT2D eigenvalue weighted by Crippen LogP contribution is -2.30. The summed E-state index contributed by atoms with van der Waals surface area (Å²) in [7, 11) is 2.15. The Morgan fingerprint density at radius 3 is 2.54 bits per heavy atom. The van der Waals surface area contributed by atoms with Crippen LogP contribution in [-0.2, 0) is 7.05 Å². The highest BCUT2D eigenvalue weighted by molar-refractivity contribution is 7.26. The third kappa shape index (κ3) is 2.19. The molecule has 3 aromatic carbocycles. The minimum atomic E-state index is 1.31. The molecule has 0 bridgehead atoms. The molecule has 0 radical (unpaired) electrons. The van der Waals surface area contributed by atoms with E-state index >= 15 is 0 Å². The van der Waals surface area contributed by atoms with Crippen LogP contribution >= 0.6 is 11.3 Å². The number of hydrogen-bond donors (Lipinski definition) is 0. The summed E-state index contributed by atoms with van der Waals surface area (Å²) in [4.78, 5) is 0. The molecule has 0 aliphatic carbocycles. The lowest BCUT2D eigenvalue weighted by molar-refractivity contribution is -0.659. The Balaban J connectivity index is 1.97. The number of thiophene rings is 1. The molecule has 0 spiro atoms. The van der Waals surface area contributed by atoms with Crippen LogP contribution in [0.4, 0.5) is 0 Å². The standard InChI is InChI=1S/C24H20NS/c1-15-8-10-19-17(14-15)9-11-21-22(19)20-12-13-25(3)23(24(20)26-21)18-7-5-4-6-16(18)2/h4-14H,1-3H3/q+1. The average Bonchev–Trinajstić information content (AvgIpc) is 3.01. The Bertz CT molecular complexity index is 1310. The van der Waals surface area contributed by atoms with Crippen molar-refractivity contribution in [2.45, 2.75) is 13.8 Å². The fourth-order valence-electron chi connectivity index (χ4n) is 3.98. The van der Waals surface area contributed by atoms with Gasteiger partial charge in [-0.2, -0.15) is 4.57 Å². The Labute approximate surface area is 157 Å². The second-order valence-electron chi connectivity index (χ2n) is 7.10. The van der Waals surface area contributed by atoms with Gasteiger partial charge in [-0.05, 0) is 42.3 Å². The molecular formula is C24H20NS+. The zero-order valence-corrected chi connectivity index (χ0v) is 16.0. The van der Waals surface area contributed by atoms with Gasteiger partial charge in [0.15, 0.2) is 6.20 Å². The molecule has 0 fully saturated rings. The monoisotopic (exact) mass is 354 g/mol. The Kier molecular flexibility index (Phi) is 3.38. The van der Waals surface area contributed by atoms with Crippen molar-refractivity contribution in [1.82, 2.24) is 0 Å². The molecule has 0 atom stereocenters. The summed E-state index contributed by atoms with van der Waals surface area (Å²) in [5, 5.41) is 5.42. The number of nitrogens with zero attached hydrogens (tertiary/aromatic N) is 1. The summed E-state index contributed by atoms with van der Waals surface area (Å²) in [6.45, 7) is 4.35. The van der Waals surface area contributed by atoms with Crippen LogP contribution in [0.25, 0.3) is 42.2 Å². The van der Waals surface area contributed by atoms with Crippen LogP contribution in [0.5, 0.6) is 0 Å². The zero-order valence-electron chi connectivity index (χ0n) is 15.2. The van der Waals surface area contributed by atoms with Crippen molar-refractivity contribution in [2.75, 3.05) is 0 Å². The van der Waals surface area contributed by atoms with E-state index in [2.05, 4.69) is 92.3 Å². The molecule has 1 nitrogen and oxygen atoms in total. The largest absolute Gasteiger partial charge is 0.230 e. The smallest absolute Gasteiger partial charge is 0.200 e. The minimum absolute atomic E-state index is 1.31. The summed E-state index contributed by atoms with van der Waals surface area (Å²) in [6.07, 6.45) is 2.20. The Morgan fingerprint density at radius 1 is 0.846 bits per heavy atom. The van der Waals surface area contributed by atoms with Crippen LogP contribution in [0.1, 0.15) is 11.1 Å². The highest BCUT2D eigenvalue weighted by Crippen LogP contribution is 2.41. The van der Waals surface area contributed by atoms with Gasteiger partial charge < -0.3 is 0 Å². The van der Waals surface area contributed by atoms with Crippen LogP contribution in [0.2, 0.25) is 0 Å². The molecule has 2 heterocycles. The number of rotatable bonds is 1. The molecule has 5 aromatic rings. The SMILES string of the molecule is Cc1ccc2c(ccc3sc4c(-c5ccccc5C)[n+](C)ccc4c32)c1. The van der Waals surface area contributed by atoms with Gasteiger partial charge >= 0.3 is 0 Å². The number of benzene rings is 3. The maximum Gasteiger partial charge on any atom is 0.230 e. The van der Waals surface area contributed by atoms with E-state index in [1.807, 2.05) is 11.3 Å². The van der Waals surface area contributed by atoms with Crippen LogP contribution in [0.15, 0.2) is 66.9 Å². The van der Waals surface area contributed by atoms with Gasteiger partial charge in [0.1, 0.15) is 11.7 Å². The Hall–Kier alpha value is -2.71. The summed E-state index contributed by atoms with van der Waals surface area (Å²) >= 11 is 1.90. The quantitative estimate of drug-likeness (QED) is 0.310. The van der Waals surface area contributed by atoms with Crippen molar-refractivity contribution in [1.29, 1.82) is 0 Å². The fraction of sp³-hybridized carbons (Fsp3) is 0.125. The molecule has 0 saturated heterocycles. The first-order valence-corrected chi connectivity index (χ1v) is 9.75. The van der Waals surface area contributed by atoms with E-state index in [0.717, 1.165) is 0 Å². The molecule has 2 heteroatoms. The summed E-state index contributed by atoms with van der Waals surface area (Å²) in [6, 6.07) is 22.3. The summed E-state index contributed by atoms with van der Waals surface area (Å²) < 4.78 is 4.98. The minimum Gasteiger partial charge on any atom is -0.200 e. The molecule has 5 rings (SSSR count). The third-order valence-corrected chi connectivity index (χ3v) is 6.47. The number of pyridine rings is 1. The van der Waals surface area contributed by atoms with E-state index in [-0.39, 0.29) is 0 Å². The van der Waals surface area contributed by atoms with Gasteiger partial charge in [0.05, 0.1) is 5.56 Å². The van der Waals surface area contributed by atoms with Crippen molar-refractivity contribution in [3.63, 3.8) is 0 Å². The molecule has 0 saturated carbocycles. The molecule has 0 amide bonds. The van der Waals surface area contributed by atoms with Crippen molar-refractivity contribution < 1.29 is 4.57 Å². The molecule has 0 aliphatic rings. The van der Waals surface area contributed by atoms with Gasteiger partial charge in [-0.15, -0.1) is 11.3 Å². The van der Waals surface area contributed by atoms with Crippen molar-refractivity contribution in [3.8, 4) is 11.3 Å².